The standard InChI is InChI=1S/C16H34O.H2O4S/c1-4-5-6-7-8-9-10-11-12-15(2)13-14-16(3)17;1-5(2,3)4/h15-17H,4-14H2,1-3H3;(H2,1,2,3,4). The van der Waals surface area contributed by atoms with Crippen molar-refractivity contribution < 1.29 is 22.6 Å². The molecule has 3 N–H and O–H groups in total. The Morgan fingerprint density at radius 1 is 0.773 bits per heavy atom. The van der Waals surface area contributed by atoms with Crippen LogP contribution in [0.15, 0.2) is 0 Å². The molecule has 0 aromatic carbocycles. The Bertz CT molecular complexity index is 306. The molecule has 2 unspecified atom stereocenters. The molecule has 2 atom stereocenters. The molecule has 0 heterocycles. The molecule has 0 aromatic rings. The first kappa shape index (κ1) is 24.1. The lowest BCUT2D eigenvalue weighted by molar-refractivity contribution is 0.173. The molecule has 0 bridgehead atoms. The summed E-state index contributed by atoms with van der Waals surface area (Å²) in [7, 11) is -4.67. The topological polar surface area (TPSA) is 94.8 Å². The molecular weight excluding hydrogens is 304 g/mol. The maximum absolute atomic E-state index is 9.21. The fourth-order valence-corrected chi connectivity index (χ4v) is 2.30. The summed E-state index contributed by atoms with van der Waals surface area (Å²) in [5.41, 5.74) is 0. The predicted octanol–water partition coefficient (Wildman–Crippen LogP) is 4.66. The normalized spacial score (nSPS) is 14.1. The van der Waals surface area contributed by atoms with Crippen LogP contribution in [0.1, 0.15) is 91.4 Å². The van der Waals surface area contributed by atoms with Crippen LogP contribution < -0.4 is 0 Å². The summed E-state index contributed by atoms with van der Waals surface area (Å²) < 4.78 is 31.6. The molecule has 0 spiro atoms. The molecule has 0 aliphatic rings. The first-order valence-corrected chi connectivity index (χ1v) is 9.94. The lowest BCUT2D eigenvalue weighted by atomic mass is 9.96. The van der Waals surface area contributed by atoms with Crippen molar-refractivity contribution in [3.8, 4) is 0 Å². The average Bonchev–Trinajstić information content (AvgIpc) is 2.37. The highest BCUT2D eigenvalue weighted by atomic mass is 32.3. The Morgan fingerprint density at radius 2 is 1.18 bits per heavy atom. The second kappa shape index (κ2) is 15.7. The molecule has 0 saturated carbocycles. The Labute approximate surface area is 137 Å². The Kier molecular flexibility index (Phi) is 17.2. The van der Waals surface area contributed by atoms with E-state index in [9.17, 15) is 5.11 Å². The monoisotopic (exact) mass is 340 g/mol. The molecule has 6 heteroatoms. The third-order valence-electron chi connectivity index (χ3n) is 3.63. The summed E-state index contributed by atoms with van der Waals surface area (Å²) >= 11 is 0. The first-order valence-electron chi connectivity index (χ1n) is 8.54. The molecule has 0 radical (unpaired) electrons. The number of aliphatic hydroxyl groups is 1. The van der Waals surface area contributed by atoms with Crippen molar-refractivity contribution in [2.45, 2.75) is 97.5 Å². The minimum absolute atomic E-state index is 0.115. The van der Waals surface area contributed by atoms with Crippen LogP contribution >= 0.6 is 0 Å². The molecular formula is C16H36O5S. The fraction of sp³-hybridized carbons (Fsp3) is 1.00. The van der Waals surface area contributed by atoms with E-state index in [1.807, 2.05) is 6.92 Å². The molecule has 22 heavy (non-hydrogen) atoms. The highest BCUT2D eigenvalue weighted by molar-refractivity contribution is 7.79. The Balaban J connectivity index is 0. The van der Waals surface area contributed by atoms with Crippen LogP contribution in [-0.2, 0) is 10.4 Å². The molecule has 136 valence electrons. The highest BCUT2D eigenvalue weighted by Gasteiger charge is 2.04. The summed E-state index contributed by atoms with van der Waals surface area (Å²) in [6.07, 6.45) is 14.7. The molecule has 0 aliphatic heterocycles. The van der Waals surface area contributed by atoms with Crippen molar-refractivity contribution in [2.75, 3.05) is 0 Å². The molecule has 0 aromatic heterocycles. The summed E-state index contributed by atoms with van der Waals surface area (Å²) in [6, 6.07) is 0. The van der Waals surface area contributed by atoms with Crippen LogP contribution in [0.2, 0.25) is 0 Å². The van der Waals surface area contributed by atoms with Gasteiger partial charge in [0.2, 0.25) is 0 Å². The van der Waals surface area contributed by atoms with E-state index in [1.165, 1.54) is 64.2 Å². The lowest BCUT2D eigenvalue weighted by Crippen LogP contribution is -2.03. The maximum atomic E-state index is 9.21. The van der Waals surface area contributed by atoms with Gasteiger partial charge in [-0.1, -0.05) is 71.6 Å². The molecule has 0 saturated heterocycles. The van der Waals surface area contributed by atoms with Gasteiger partial charge in [0, 0.05) is 0 Å². The van der Waals surface area contributed by atoms with Gasteiger partial charge in [0.05, 0.1) is 6.10 Å². The van der Waals surface area contributed by atoms with E-state index < -0.39 is 10.4 Å². The highest BCUT2D eigenvalue weighted by Crippen LogP contribution is 2.17. The largest absolute Gasteiger partial charge is 0.394 e. The van der Waals surface area contributed by atoms with E-state index >= 15 is 0 Å². The summed E-state index contributed by atoms with van der Waals surface area (Å²) in [4.78, 5) is 0. The third kappa shape index (κ3) is 32.0. The van der Waals surface area contributed by atoms with Gasteiger partial charge >= 0.3 is 10.4 Å². The van der Waals surface area contributed by atoms with Crippen molar-refractivity contribution >= 4 is 10.4 Å². The van der Waals surface area contributed by atoms with E-state index in [4.69, 9.17) is 17.5 Å². The number of unbranched alkanes of at least 4 members (excludes halogenated alkanes) is 7. The predicted molar refractivity (Wildman–Crippen MR) is 91.5 cm³/mol. The Hall–Kier alpha value is -0.170. The van der Waals surface area contributed by atoms with Crippen LogP contribution in [0.5, 0.6) is 0 Å². The number of aliphatic hydroxyl groups excluding tert-OH is 1. The number of rotatable bonds is 12. The van der Waals surface area contributed by atoms with E-state index in [0.29, 0.717) is 0 Å². The van der Waals surface area contributed by atoms with Crippen molar-refractivity contribution in [3.05, 3.63) is 0 Å². The smallest absolute Gasteiger partial charge is 0.393 e. The van der Waals surface area contributed by atoms with Crippen LogP contribution in [0, 0.1) is 5.92 Å². The van der Waals surface area contributed by atoms with Crippen molar-refractivity contribution in [1.82, 2.24) is 0 Å². The second-order valence-electron chi connectivity index (χ2n) is 6.24. The van der Waals surface area contributed by atoms with Gasteiger partial charge in [0.25, 0.3) is 0 Å². The van der Waals surface area contributed by atoms with E-state index in [0.717, 1.165) is 12.3 Å². The minimum atomic E-state index is -4.67. The zero-order chi connectivity index (χ0) is 17.4. The van der Waals surface area contributed by atoms with Gasteiger partial charge < -0.3 is 5.11 Å². The third-order valence-corrected chi connectivity index (χ3v) is 3.63. The minimum Gasteiger partial charge on any atom is -0.393 e. The van der Waals surface area contributed by atoms with Crippen molar-refractivity contribution in [1.29, 1.82) is 0 Å². The maximum Gasteiger partial charge on any atom is 0.394 e. The van der Waals surface area contributed by atoms with Crippen molar-refractivity contribution in [2.24, 2.45) is 5.92 Å². The van der Waals surface area contributed by atoms with Crippen LogP contribution in [0.4, 0.5) is 0 Å². The van der Waals surface area contributed by atoms with Crippen LogP contribution in [0.25, 0.3) is 0 Å². The van der Waals surface area contributed by atoms with E-state index in [1.54, 1.807) is 0 Å². The molecule has 0 rings (SSSR count). The summed E-state index contributed by atoms with van der Waals surface area (Å²) in [5.74, 6) is 0.796. The Morgan fingerprint density at radius 3 is 1.59 bits per heavy atom. The second-order valence-corrected chi connectivity index (χ2v) is 7.14. The molecule has 5 nitrogen and oxygen atoms in total. The summed E-state index contributed by atoms with van der Waals surface area (Å²) in [6.45, 7) is 6.49. The summed E-state index contributed by atoms with van der Waals surface area (Å²) in [5, 5.41) is 9.21. The zero-order valence-electron chi connectivity index (χ0n) is 14.5. The van der Waals surface area contributed by atoms with Crippen molar-refractivity contribution in [3.63, 3.8) is 0 Å². The molecule has 0 fully saturated rings. The number of hydrogen-bond donors (Lipinski definition) is 3. The van der Waals surface area contributed by atoms with Gasteiger partial charge in [0.15, 0.2) is 0 Å². The average molecular weight is 341 g/mol. The van der Waals surface area contributed by atoms with Gasteiger partial charge in [-0.2, -0.15) is 8.42 Å². The van der Waals surface area contributed by atoms with Gasteiger partial charge in [-0.15, -0.1) is 0 Å². The molecule has 0 amide bonds. The van der Waals surface area contributed by atoms with E-state index in [2.05, 4.69) is 13.8 Å². The fourth-order valence-electron chi connectivity index (χ4n) is 2.30. The molecule has 0 aliphatic carbocycles. The number of hydrogen-bond acceptors (Lipinski definition) is 3. The lowest BCUT2D eigenvalue weighted by Gasteiger charge is -2.12. The SMILES string of the molecule is CCCCCCCCCCC(C)CCC(C)O.O=S(=O)(O)O. The van der Waals surface area contributed by atoms with Gasteiger partial charge in [0.1, 0.15) is 0 Å². The first-order chi connectivity index (χ1) is 10.2. The quantitative estimate of drug-likeness (QED) is 0.355. The van der Waals surface area contributed by atoms with Gasteiger partial charge in [-0.05, 0) is 25.7 Å². The van der Waals surface area contributed by atoms with E-state index in [-0.39, 0.29) is 6.10 Å². The zero-order valence-corrected chi connectivity index (χ0v) is 15.3. The van der Waals surface area contributed by atoms with Gasteiger partial charge in [-0.25, -0.2) is 0 Å². The van der Waals surface area contributed by atoms with Gasteiger partial charge in [-0.3, -0.25) is 9.11 Å². The van der Waals surface area contributed by atoms with Crippen LogP contribution in [0.3, 0.4) is 0 Å². The van der Waals surface area contributed by atoms with Crippen LogP contribution in [-0.4, -0.2) is 28.7 Å².